The molecular formula is C19H21N5O4S2. The molecule has 4 rings (SSSR count). The van der Waals surface area contributed by atoms with Crippen LogP contribution in [0.3, 0.4) is 0 Å². The maximum absolute atomic E-state index is 12.8. The average Bonchev–Trinajstić information content (AvgIpc) is 3.34. The summed E-state index contributed by atoms with van der Waals surface area (Å²) in [4.78, 5) is 30.8. The minimum atomic E-state index is -3.67. The molecule has 3 aromatic rings. The fourth-order valence-corrected chi connectivity index (χ4v) is 5.45. The van der Waals surface area contributed by atoms with Crippen molar-refractivity contribution in [3.05, 3.63) is 53.3 Å². The molecule has 1 aromatic carbocycles. The van der Waals surface area contributed by atoms with E-state index in [1.807, 2.05) is 22.2 Å². The highest BCUT2D eigenvalue weighted by Crippen LogP contribution is 2.18. The van der Waals surface area contributed by atoms with Gasteiger partial charge in [-0.3, -0.25) is 14.0 Å². The summed E-state index contributed by atoms with van der Waals surface area (Å²) >= 11 is 1.51. The molecule has 30 heavy (non-hydrogen) atoms. The van der Waals surface area contributed by atoms with Crippen molar-refractivity contribution in [2.75, 3.05) is 26.2 Å². The van der Waals surface area contributed by atoms with E-state index in [0.29, 0.717) is 18.7 Å². The first-order valence-electron chi connectivity index (χ1n) is 9.39. The Labute approximate surface area is 178 Å². The summed E-state index contributed by atoms with van der Waals surface area (Å²) in [5.74, 6) is -0.358. The van der Waals surface area contributed by atoms with Crippen LogP contribution in [0.4, 0.5) is 0 Å². The maximum atomic E-state index is 12.8. The molecular weight excluding hydrogens is 426 g/mol. The Balaban J connectivity index is 1.38. The van der Waals surface area contributed by atoms with E-state index in [1.165, 1.54) is 46.8 Å². The van der Waals surface area contributed by atoms with Gasteiger partial charge in [0.1, 0.15) is 0 Å². The lowest BCUT2D eigenvalue weighted by molar-refractivity contribution is -0.129. The number of hydrogen-bond acceptors (Lipinski definition) is 6. The van der Waals surface area contributed by atoms with Crippen molar-refractivity contribution >= 4 is 38.1 Å². The lowest BCUT2D eigenvalue weighted by atomic mass is 10.2. The van der Waals surface area contributed by atoms with Gasteiger partial charge in [-0.2, -0.15) is 4.31 Å². The van der Waals surface area contributed by atoms with E-state index in [4.69, 9.17) is 0 Å². The van der Waals surface area contributed by atoms with Crippen molar-refractivity contribution in [1.29, 1.82) is 0 Å². The molecule has 2 amide bonds. The van der Waals surface area contributed by atoms with Crippen molar-refractivity contribution in [3.63, 3.8) is 0 Å². The molecule has 1 aliphatic heterocycles. The summed E-state index contributed by atoms with van der Waals surface area (Å²) in [5.41, 5.74) is 1.12. The number of fused-ring (bicyclic) bond motifs is 1. The molecule has 1 fully saturated rings. The zero-order chi connectivity index (χ0) is 21.3. The highest BCUT2D eigenvalue weighted by Gasteiger charge is 2.29. The smallest absolute Gasteiger partial charge is 0.251 e. The first kappa shape index (κ1) is 20.5. The molecule has 0 atom stereocenters. The second-order valence-corrected chi connectivity index (χ2v) is 9.75. The largest absolute Gasteiger partial charge is 0.346 e. The second-order valence-electron chi connectivity index (χ2n) is 6.94. The van der Waals surface area contributed by atoms with Gasteiger partial charge in [0.15, 0.2) is 4.96 Å². The molecule has 0 spiro atoms. The van der Waals surface area contributed by atoms with Gasteiger partial charge in [-0.15, -0.1) is 11.3 Å². The maximum Gasteiger partial charge on any atom is 0.251 e. The third-order valence-corrected chi connectivity index (χ3v) is 7.70. The van der Waals surface area contributed by atoms with Gasteiger partial charge in [-0.25, -0.2) is 13.4 Å². The summed E-state index contributed by atoms with van der Waals surface area (Å²) in [6, 6.07) is 5.88. The van der Waals surface area contributed by atoms with Gasteiger partial charge < -0.3 is 10.2 Å². The number of piperazine rings is 1. The average molecular weight is 448 g/mol. The third-order valence-electron chi connectivity index (χ3n) is 5.01. The molecule has 1 N–H and O–H groups in total. The predicted octanol–water partition coefficient (Wildman–Crippen LogP) is 1.18. The fourth-order valence-electron chi connectivity index (χ4n) is 3.30. The Bertz CT molecular complexity index is 1150. The molecule has 0 saturated carbocycles. The van der Waals surface area contributed by atoms with Crippen LogP contribution in [0.2, 0.25) is 0 Å². The molecule has 0 aliphatic carbocycles. The zero-order valence-corrected chi connectivity index (χ0v) is 17.9. The van der Waals surface area contributed by atoms with E-state index in [0.717, 1.165) is 10.7 Å². The van der Waals surface area contributed by atoms with E-state index >= 15 is 0 Å². The molecule has 3 heterocycles. The number of aromatic nitrogens is 2. The van der Waals surface area contributed by atoms with Crippen molar-refractivity contribution < 1.29 is 18.0 Å². The normalized spacial score (nSPS) is 15.4. The zero-order valence-electron chi connectivity index (χ0n) is 16.3. The van der Waals surface area contributed by atoms with Gasteiger partial charge in [-0.05, 0) is 24.3 Å². The summed E-state index contributed by atoms with van der Waals surface area (Å²) in [6.07, 6.45) is 3.76. The topological polar surface area (TPSA) is 104 Å². The third kappa shape index (κ3) is 4.09. The number of imidazole rings is 1. The van der Waals surface area contributed by atoms with Gasteiger partial charge >= 0.3 is 0 Å². The summed E-state index contributed by atoms with van der Waals surface area (Å²) in [7, 11) is -3.67. The molecule has 9 nitrogen and oxygen atoms in total. The Morgan fingerprint density at radius 2 is 1.83 bits per heavy atom. The van der Waals surface area contributed by atoms with Gasteiger partial charge in [0.25, 0.3) is 5.91 Å². The minimum Gasteiger partial charge on any atom is -0.346 e. The van der Waals surface area contributed by atoms with Crippen molar-refractivity contribution in [3.8, 4) is 0 Å². The molecule has 158 valence electrons. The first-order chi connectivity index (χ1) is 14.3. The number of carbonyl (C=O) groups excluding carboxylic acids is 2. The van der Waals surface area contributed by atoms with Crippen LogP contribution in [-0.4, -0.2) is 65.0 Å². The highest BCUT2D eigenvalue weighted by molar-refractivity contribution is 7.89. The lowest BCUT2D eigenvalue weighted by Crippen LogP contribution is -2.49. The summed E-state index contributed by atoms with van der Waals surface area (Å²) in [5, 5.41) is 4.73. The summed E-state index contributed by atoms with van der Waals surface area (Å²) in [6.45, 7) is 3.03. The number of nitrogens with zero attached hydrogens (tertiary/aromatic N) is 4. The van der Waals surface area contributed by atoms with Crippen molar-refractivity contribution in [2.24, 2.45) is 0 Å². The molecule has 2 aromatic heterocycles. The number of hydrogen-bond donors (Lipinski definition) is 1. The van der Waals surface area contributed by atoms with E-state index in [9.17, 15) is 18.0 Å². The Morgan fingerprint density at radius 1 is 1.13 bits per heavy atom. The Morgan fingerprint density at radius 3 is 2.47 bits per heavy atom. The molecule has 1 saturated heterocycles. The fraction of sp³-hybridized carbons (Fsp3) is 0.316. The van der Waals surface area contributed by atoms with Gasteiger partial charge in [-0.1, -0.05) is 0 Å². The van der Waals surface area contributed by atoms with Crippen molar-refractivity contribution in [1.82, 2.24) is 23.9 Å². The van der Waals surface area contributed by atoms with Crippen molar-refractivity contribution in [2.45, 2.75) is 18.4 Å². The van der Waals surface area contributed by atoms with E-state index in [1.54, 1.807) is 4.90 Å². The first-order valence-corrected chi connectivity index (χ1v) is 11.7. The Kier molecular flexibility index (Phi) is 5.58. The van der Waals surface area contributed by atoms with Crippen LogP contribution < -0.4 is 5.32 Å². The minimum absolute atomic E-state index is 0.0576. The molecule has 0 bridgehead atoms. The Hall–Kier alpha value is -2.76. The number of sulfonamides is 1. The molecule has 0 radical (unpaired) electrons. The van der Waals surface area contributed by atoms with Crippen LogP contribution in [0.15, 0.2) is 46.9 Å². The lowest BCUT2D eigenvalue weighted by Gasteiger charge is -2.33. The second kappa shape index (κ2) is 8.17. The van der Waals surface area contributed by atoms with Crippen LogP contribution in [0, 0.1) is 0 Å². The number of thiazole rings is 1. The van der Waals surface area contributed by atoms with Gasteiger partial charge in [0.05, 0.1) is 17.1 Å². The number of benzene rings is 1. The van der Waals surface area contributed by atoms with Crippen LogP contribution in [-0.2, 0) is 21.4 Å². The van der Waals surface area contributed by atoms with Gasteiger partial charge in [0, 0.05) is 56.4 Å². The quantitative estimate of drug-likeness (QED) is 0.633. The summed E-state index contributed by atoms with van der Waals surface area (Å²) < 4.78 is 28.9. The molecule has 0 unspecified atom stereocenters. The van der Waals surface area contributed by atoms with Crippen LogP contribution in [0.25, 0.3) is 4.96 Å². The van der Waals surface area contributed by atoms with Gasteiger partial charge in [0.2, 0.25) is 15.9 Å². The standard InChI is InChI=1S/C19H21N5O4S2/c1-14(25)22-6-8-24(9-7-22)30(27,28)17-4-2-15(3-5-17)18(26)20-12-16-13-23-10-11-29-19(23)21-16/h2-5,10-11,13H,6-9,12H2,1H3,(H,20,26). The molecule has 1 aliphatic rings. The number of amides is 2. The number of nitrogens with one attached hydrogen (secondary N) is 1. The number of carbonyl (C=O) groups is 2. The van der Waals surface area contributed by atoms with Crippen LogP contribution >= 0.6 is 11.3 Å². The SMILES string of the molecule is CC(=O)N1CCN(S(=O)(=O)c2ccc(C(=O)NCc3cn4ccsc4n3)cc2)CC1. The molecule has 11 heteroatoms. The highest BCUT2D eigenvalue weighted by atomic mass is 32.2. The predicted molar refractivity (Wildman–Crippen MR) is 112 cm³/mol. The van der Waals surface area contributed by atoms with E-state index < -0.39 is 10.0 Å². The number of rotatable bonds is 5. The van der Waals surface area contributed by atoms with Crippen LogP contribution in [0.1, 0.15) is 23.0 Å². The van der Waals surface area contributed by atoms with Crippen LogP contribution in [0.5, 0.6) is 0 Å². The monoisotopic (exact) mass is 447 g/mol. The van der Waals surface area contributed by atoms with E-state index in [2.05, 4.69) is 10.3 Å². The van der Waals surface area contributed by atoms with E-state index in [-0.39, 0.29) is 36.3 Å².